The van der Waals surface area contributed by atoms with E-state index in [1.165, 1.54) is 32.1 Å². The standard InChI is InChI=1S/C15H25NO2/c1-9(2)18-8-15(17)16-14-7-10-6-13(14)12-5-3-4-11(10)12/h9-14H,3-8H2,1-2H3,(H,16,17). The van der Waals surface area contributed by atoms with Gasteiger partial charge in [-0.25, -0.2) is 0 Å². The number of hydrogen-bond donors (Lipinski definition) is 1. The Morgan fingerprint density at radius 1 is 1.22 bits per heavy atom. The fourth-order valence-corrected chi connectivity index (χ4v) is 4.72. The molecule has 3 aliphatic carbocycles. The van der Waals surface area contributed by atoms with Gasteiger partial charge in [-0.05, 0) is 63.2 Å². The number of ether oxygens (including phenoxy) is 1. The summed E-state index contributed by atoms with van der Waals surface area (Å²) in [5.41, 5.74) is 0. The largest absolute Gasteiger partial charge is 0.369 e. The summed E-state index contributed by atoms with van der Waals surface area (Å²) >= 11 is 0. The predicted octanol–water partition coefficient (Wildman–Crippen LogP) is 2.35. The molecule has 3 heteroatoms. The van der Waals surface area contributed by atoms with Gasteiger partial charge < -0.3 is 10.1 Å². The topological polar surface area (TPSA) is 38.3 Å². The molecule has 1 N–H and O–H groups in total. The molecule has 3 aliphatic rings. The van der Waals surface area contributed by atoms with Crippen molar-refractivity contribution in [2.45, 2.75) is 58.1 Å². The van der Waals surface area contributed by atoms with Crippen molar-refractivity contribution in [1.82, 2.24) is 5.32 Å². The maximum atomic E-state index is 11.8. The molecule has 102 valence electrons. The smallest absolute Gasteiger partial charge is 0.246 e. The maximum Gasteiger partial charge on any atom is 0.246 e. The van der Waals surface area contributed by atoms with E-state index in [0.29, 0.717) is 6.04 Å². The zero-order valence-electron chi connectivity index (χ0n) is 11.5. The summed E-state index contributed by atoms with van der Waals surface area (Å²) in [6, 6.07) is 0.442. The Morgan fingerprint density at radius 3 is 2.78 bits per heavy atom. The van der Waals surface area contributed by atoms with Crippen LogP contribution in [0.15, 0.2) is 0 Å². The predicted molar refractivity (Wildman–Crippen MR) is 70.1 cm³/mol. The van der Waals surface area contributed by atoms with Crippen molar-refractivity contribution in [3.8, 4) is 0 Å². The van der Waals surface area contributed by atoms with Gasteiger partial charge in [-0.2, -0.15) is 0 Å². The average molecular weight is 251 g/mol. The van der Waals surface area contributed by atoms with Crippen LogP contribution in [-0.2, 0) is 9.53 Å². The molecule has 1 amide bonds. The first-order valence-corrected chi connectivity index (χ1v) is 7.56. The highest BCUT2D eigenvalue weighted by molar-refractivity contribution is 5.77. The first-order valence-electron chi connectivity index (χ1n) is 7.56. The number of fused-ring (bicyclic) bond motifs is 5. The van der Waals surface area contributed by atoms with Crippen LogP contribution in [0.5, 0.6) is 0 Å². The summed E-state index contributed by atoms with van der Waals surface area (Å²) in [4.78, 5) is 11.8. The third kappa shape index (κ3) is 2.18. The lowest BCUT2D eigenvalue weighted by Crippen LogP contribution is -2.44. The van der Waals surface area contributed by atoms with Crippen molar-refractivity contribution >= 4 is 5.91 Å². The molecule has 3 nitrogen and oxygen atoms in total. The maximum absolute atomic E-state index is 11.8. The Hall–Kier alpha value is -0.570. The van der Waals surface area contributed by atoms with Crippen molar-refractivity contribution in [2.75, 3.05) is 6.61 Å². The number of carbonyl (C=O) groups is 1. The third-order valence-corrected chi connectivity index (χ3v) is 5.32. The van der Waals surface area contributed by atoms with Crippen molar-refractivity contribution in [1.29, 1.82) is 0 Å². The van der Waals surface area contributed by atoms with Gasteiger partial charge in [0.25, 0.3) is 0 Å². The zero-order chi connectivity index (χ0) is 12.7. The Morgan fingerprint density at radius 2 is 2.00 bits per heavy atom. The monoisotopic (exact) mass is 251 g/mol. The molecule has 0 saturated heterocycles. The van der Waals surface area contributed by atoms with Gasteiger partial charge in [0.1, 0.15) is 6.61 Å². The van der Waals surface area contributed by atoms with E-state index in [9.17, 15) is 4.79 Å². The van der Waals surface area contributed by atoms with Crippen LogP contribution in [0.25, 0.3) is 0 Å². The second kappa shape index (κ2) is 4.84. The summed E-state index contributed by atoms with van der Waals surface area (Å²) in [6.07, 6.45) is 6.99. The van der Waals surface area contributed by atoms with Crippen LogP contribution in [-0.4, -0.2) is 24.7 Å². The fourth-order valence-electron chi connectivity index (χ4n) is 4.72. The summed E-state index contributed by atoms with van der Waals surface area (Å²) in [7, 11) is 0. The fraction of sp³-hybridized carbons (Fsp3) is 0.933. The molecule has 0 aromatic carbocycles. The zero-order valence-corrected chi connectivity index (χ0v) is 11.5. The van der Waals surface area contributed by atoms with E-state index in [2.05, 4.69) is 5.32 Å². The van der Waals surface area contributed by atoms with E-state index >= 15 is 0 Å². The molecule has 18 heavy (non-hydrogen) atoms. The molecule has 5 unspecified atom stereocenters. The number of carbonyl (C=O) groups excluding carboxylic acids is 1. The number of amides is 1. The number of hydrogen-bond acceptors (Lipinski definition) is 2. The Labute approximate surface area is 110 Å². The van der Waals surface area contributed by atoms with Gasteiger partial charge in [-0.1, -0.05) is 6.42 Å². The second-order valence-corrected chi connectivity index (χ2v) is 6.69. The lowest BCUT2D eigenvalue weighted by atomic mass is 9.79. The SMILES string of the molecule is CC(C)OCC(=O)NC1CC2CC1C1CCCC21. The van der Waals surface area contributed by atoms with Gasteiger partial charge in [0.2, 0.25) is 5.91 Å². The van der Waals surface area contributed by atoms with E-state index in [4.69, 9.17) is 4.74 Å². The molecule has 0 radical (unpaired) electrons. The number of nitrogens with one attached hydrogen (secondary N) is 1. The third-order valence-electron chi connectivity index (χ3n) is 5.32. The minimum Gasteiger partial charge on any atom is -0.369 e. The molecule has 3 rings (SSSR count). The van der Waals surface area contributed by atoms with E-state index in [-0.39, 0.29) is 18.6 Å². The quantitative estimate of drug-likeness (QED) is 0.833. The minimum absolute atomic E-state index is 0.0794. The van der Waals surface area contributed by atoms with Gasteiger partial charge in [0.15, 0.2) is 0 Å². The summed E-state index contributed by atoms with van der Waals surface area (Å²) in [6.45, 7) is 4.15. The summed E-state index contributed by atoms with van der Waals surface area (Å²) in [5, 5.41) is 3.21. The van der Waals surface area contributed by atoms with Crippen LogP contribution < -0.4 is 5.32 Å². The minimum atomic E-state index is 0.0794. The van der Waals surface area contributed by atoms with Gasteiger partial charge >= 0.3 is 0 Å². The average Bonchev–Trinajstić information content (AvgIpc) is 2.97. The van der Waals surface area contributed by atoms with Crippen LogP contribution >= 0.6 is 0 Å². The van der Waals surface area contributed by atoms with E-state index in [0.717, 1.165) is 23.7 Å². The molecule has 3 saturated carbocycles. The summed E-state index contributed by atoms with van der Waals surface area (Å²) in [5.74, 6) is 3.66. The molecular weight excluding hydrogens is 226 g/mol. The van der Waals surface area contributed by atoms with Gasteiger partial charge in [-0.15, -0.1) is 0 Å². The lowest BCUT2D eigenvalue weighted by Gasteiger charge is -2.32. The molecular formula is C15H25NO2. The molecule has 0 aromatic heterocycles. The van der Waals surface area contributed by atoms with Crippen LogP contribution in [0.3, 0.4) is 0 Å². The molecule has 0 heterocycles. The van der Waals surface area contributed by atoms with Crippen molar-refractivity contribution in [3.05, 3.63) is 0 Å². The van der Waals surface area contributed by atoms with E-state index < -0.39 is 0 Å². The highest BCUT2D eigenvalue weighted by Crippen LogP contribution is 2.58. The first-order chi connectivity index (χ1) is 8.65. The molecule has 3 fully saturated rings. The second-order valence-electron chi connectivity index (χ2n) is 6.69. The van der Waals surface area contributed by atoms with Crippen molar-refractivity contribution in [3.63, 3.8) is 0 Å². The van der Waals surface area contributed by atoms with Crippen molar-refractivity contribution in [2.24, 2.45) is 23.7 Å². The summed E-state index contributed by atoms with van der Waals surface area (Å²) < 4.78 is 5.37. The highest BCUT2D eigenvalue weighted by Gasteiger charge is 2.53. The van der Waals surface area contributed by atoms with Crippen LogP contribution in [0.1, 0.15) is 46.0 Å². The van der Waals surface area contributed by atoms with E-state index in [1.54, 1.807) is 0 Å². The molecule has 0 aromatic rings. The van der Waals surface area contributed by atoms with Crippen LogP contribution in [0.2, 0.25) is 0 Å². The van der Waals surface area contributed by atoms with Gasteiger partial charge in [0, 0.05) is 6.04 Å². The van der Waals surface area contributed by atoms with Gasteiger partial charge in [0.05, 0.1) is 6.10 Å². The van der Waals surface area contributed by atoms with E-state index in [1.807, 2.05) is 13.8 Å². The molecule has 5 atom stereocenters. The Kier molecular flexibility index (Phi) is 3.35. The molecule has 2 bridgehead atoms. The number of rotatable bonds is 4. The molecule has 0 aliphatic heterocycles. The van der Waals surface area contributed by atoms with Crippen LogP contribution in [0, 0.1) is 23.7 Å². The van der Waals surface area contributed by atoms with Gasteiger partial charge in [-0.3, -0.25) is 4.79 Å². The normalized spacial score (nSPS) is 41.4. The first kappa shape index (κ1) is 12.5. The van der Waals surface area contributed by atoms with Crippen molar-refractivity contribution < 1.29 is 9.53 Å². The Bertz CT molecular complexity index is 328. The van der Waals surface area contributed by atoms with Crippen LogP contribution in [0.4, 0.5) is 0 Å². The Balaban J connectivity index is 1.52. The molecule has 0 spiro atoms. The lowest BCUT2D eigenvalue weighted by molar-refractivity contribution is -0.128. The highest BCUT2D eigenvalue weighted by atomic mass is 16.5.